The van der Waals surface area contributed by atoms with Crippen LogP contribution in [0.4, 0.5) is 10.1 Å². The topological polar surface area (TPSA) is 107 Å². The highest BCUT2D eigenvalue weighted by Crippen LogP contribution is 2.41. The van der Waals surface area contributed by atoms with Gasteiger partial charge in [-0.25, -0.2) is 4.39 Å². The van der Waals surface area contributed by atoms with Crippen LogP contribution < -0.4 is 10.1 Å². The molecule has 6 rings (SSSR count). The molecule has 2 saturated heterocycles. The van der Waals surface area contributed by atoms with E-state index in [9.17, 15) is 14.7 Å². The minimum atomic E-state index is -0.653. The zero-order chi connectivity index (χ0) is 33.6. The number of halogens is 2. The fourth-order valence-corrected chi connectivity index (χ4v) is 6.72. The van der Waals surface area contributed by atoms with Crippen LogP contribution in [-0.2, 0) is 25.6 Å². The number of likely N-dealkylation sites (N-methyl/N-ethyl adjacent to an activating group) is 3. The Kier molecular flexibility index (Phi) is 9.28. The SMILES string of the molecule is COc1cc(-c2cccc(-c3cccc(NC(=O)C4=CN(C)C5OC5N(C)C4=O)c3C)c2Cl)cc(F)c1CN(C)[C@@H]1CCOC[C@@H]1O. The molecule has 12 heteroatoms. The quantitative estimate of drug-likeness (QED) is 0.266. The maximum absolute atomic E-state index is 15.8. The van der Waals surface area contributed by atoms with Crippen molar-refractivity contribution >= 4 is 29.1 Å². The van der Waals surface area contributed by atoms with Crippen LogP contribution in [0.1, 0.15) is 17.5 Å². The minimum absolute atomic E-state index is 0.00480. The predicted molar refractivity (Wildman–Crippen MR) is 176 cm³/mol. The summed E-state index contributed by atoms with van der Waals surface area (Å²) in [5.74, 6) is -1.03. The number of epoxide rings is 1. The summed E-state index contributed by atoms with van der Waals surface area (Å²) in [6, 6.07) is 14.0. The molecule has 0 aliphatic carbocycles. The maximum Gasteiger partial charge on any atom is 0.262 e. The van der Waals surface area contributed by atoms with Gasteiger partial charge >= 0.3 is 0 Å². The molecule has 2 unspecified atom stereocenters. The Morgan fingerprint density at radius 1 is 1.15 bits per heavy atom. The molecule has 3 aliphatic rings. The predicted octanol–water partition coefficient (Wildman–Crippen LogP) is 4.62. The van der Waals surface area contributed by atoms with Crippen molar-refractivity contribution in [3.8, 4) is 28.0 Å². The van der Waals surface area contributed by atoms with Gasteiger partial charge in [0.1, 0.15) is 17.1 Å². The number of ether oxygens (including phenoxy) is 3. The first-order valence-corrected chi connectivity index (χ1v) is 15.8. The van der Waals surface area contributed by atoms with Crippen molar-refractivity contribution in [2.24, 2.45) is 0 Å². The molecule has 0 radical (unpaired) electrons. The number of hydrogen-bond donors (Lipinski definition) is 2. The first kappa shape index (κ1) is 32.9. The molecular weight excluding hydrogens is 627 g/mol. The summed E-state index contributed by atoms with van der Waals surface area (Å²) in [7, 11) is 6.72. The average Bonchev–Trinajstić information content (AvgIpc) is 3.87. The van der Waals surface area contributed by atoms with Crippen LogP contribution in [0.5, 0.6) is 5.75 Å². The van der Waals surface area contributed by atoms with Gasteiger partial charge in [-0.3, -0.25) is 14.5 Å². The smallest absolute Gasteiger partial charge is 0.262 e. The number of benzene rings is 3. The van der Waals surface area contributed by atoms with E-state index in [1.54, 1.807) is 37.2 Å². The Morgan fingerprint density at radius 2 is 1.87 bits per heavy atom. The van der Waals surface area contributed by atoms with Crippen LogP contribution >= 0.6 is 11.6 Å². The molecular formula is C35H38ClFN4O6. The number of carbonyl (C=O) groups is 2. The minimum Gasteiger partial charge on any atom is -0.496 e. The summed E-state index contributed by atoms with van der Waals surface area (Å²) >= 11 is 7.03. The molecule has 0 saturated carbocycles. The molecule has 248 valence electrons. The van der Waals surface area contributed by atoms with Gasteiger partial charge in [-0.15, -0.1) is 0 Å². The van der Waals surface area contributed by atoms with Crippen LogP contribution in [0.2, 0.25) is 5.02 Å². The second kappa shape index (κ2) is 13.2. The summed E-state index contributed by atoms with van der Waals surface area (Å²) in [5, 5.41) is 13.7. The van der Waals surface area contributed by atoms with E-state index in [4.69, 9.17) is 25.8 Å². The number of nitrogens with zero attached hydrogens (tertiary/aromatic N) is 3. The van der Waals surface area contributed by atoms with Gasteiger partial charge in [-0.2, -0.15) is 0 Å². The highest BCUT2D eigenvalue weighted by atomic mass is 35.5. The second-order valence-electron chi connectivity index (χ2n) is 12.2. The van der Waals surface area contributed by atoms with Crippen LogP contribution in [0.25, 0.3) is 22.3 Å². The molecule has 3 heterocycles. The summed E-state index contributed by atoms with van der Waals surface area (Å²) in [6.07, 6.45) is 0.847. The average molecular weight is 665 g/mol. The van der Waals surface area contributed by atoms with Crippen LogP contribution in [0.15, 0.2) is 60.3 Å². The highest BCUT2D eigenvalue weighted by Gasteiger charge is 2.50. The summed E-state index contributed by atoms with van der Waals surface area (Å²) in [6.45, 7) is 2.90. The van der Waals surface area contributed by atoms with Crippen molar-refractivity contribution in [1.82, 2.24) is 14.7 Å². The molecule has 0 spiro atoms. The highest BCUT2D eigenvalue weighted by molar-refractivity contribution is 6.36. The van der Waals surface area contributed by atoms with E-state index in [0.29, 0.717) is 51.7 Å². The molecule has 10 nitrogen and oxygen atoms in total. The van der Waals surface area contributed by atoms with Crippen LogP contribution in [0, 0.1) is 12.7 Å². The lowest BCUT2D eigenvalue weighted by Gasteiger charge is -2.35. The lowest BCUT2D eigenvalue weighted by molar-refractivity contribution is -0.129. The van der Waals surface area contributed by atoms with Crippen LogP contribution in [0.3, 0.4) is 0 Å². The maximum atomic E-state index is 15.8. The standard InChI is InChI=1S/C35H38ClFN4O6/c1-19-21(8-7-11-27(19)38-32(43)25-17-40(3)34-35(47-34)41(4)33(25)44)23-10-6-9-22(31(23)36)20-14-26(37)24(30(15-20)45-5)16-39(2)28-12-13-46-18-29(28)42/h6-11,14-15,17,28-29,34-35,42H,12-13,16,18H2,1-5H3,(H,38,43)/t28-,29+,34?,35?/m1/s1. The van der Waals surface area contributed by atoms with E-state index in [-0.39, 0.29) is 37.2 Å². The van der Waals surface area contributed by atoms with E-state index in [0.717, 1.165) is 11.1 Å². The zero-order valence-electron chi connectivity index (χ0n) is 26.9. The fourth-order valence-electron chi connectivity index (χ4n) is 6.38. The van der Waals surface area contributed by atoms with E-state index in [1.807, 2.05) is 43.1 Å². The lowest BCUT2D eigenvalue weighted by Crippen LogP contribution is -2.47. The molecule has 2 fully saturated rings. The van der Waals surface area contributed by atoms with Gasteiger partial charge in [0.2, 0.25) is 0 Å². The van der Waals surface area contributed by atoms with Crippen molar-refractivity contribution < 1.29 is 33.3 Å². The van der Waals surface area contributed by atoms with Gasteiger partial charge in [0.25, 0.3) is 11.8 Å². The Labute approximate surface area is 278 Å². The third kappa shape index (κ3) is 6.33. The molecule has 3 aromatic rings. The van der Waals surface area contributed by atoms with Gasteiger partial charge in [-0.1, -0.05) is 41.9 Å². The number of hydrogen-bond acceptors (Lipinski definition) is 8. The van der Waals surface area contributed by atoms with Crippen LogP contribution in [-0.4, -0.2) is 97.7 Å². The molecule has 4 atom stereocenters. The molecule has 47 heavy (non-hydrogen) atoms. The van der Waals surface area contributed by atoms with Gasteiger partial charge in [0.05, 0.1) is 24.8 Å². The van der Waals surface area contributed by atoms with Crippen molar-refractivity contribution in [1.29, 1.82) is 0 Å². The first-order valence-electron chi connectivity index (χ1n) is 15.4. The zero-order valence-corrected chi connectivity index (χ0v) is 27.7. The second-order valence-corrected chi connectivity index (χ2v) is 12.6. The van der Waals surface area contributed by atoms with E-state index in [1.165, 1.54) is 24.3 Å². The van der Waals surface area contributed by atoms with Gasteiger partial charge in [-0.05, 0) is 55.3 Å². The molecule has 2 N–H and O–H groups in total. The van der Waals surface area contributed by atoms with Crippen molar-refractivity contribution in [2.45, 2.75) is 44.5 Å². The fraction of sp³-hybridized carbons (Fsp3) is 0.371. The molecule has 2 amide bonds. The van der Waals surface area contributed by atoms with E-state index < -0.39 is 23.7 Å². The molecule has 0 bridgehead atoms. The monoisotopic (exact) mass is 664 g/mol. The number of aliphatic hydroxyl groups is 1. The van der Waals surface area contributed by atoms with Gasteiger partial charge in [0.15, 0.2) is 12.5 Å². The molecule has 3 aliphatic heterocycles. The number of fused-ring (bicyclic) bond motifs is 1. The normalized spacial score (nSPS) is 22.5. The Hall–Kier alpha value is -4.00. The number of carbonyl (C=O) groups excluding carboxylic acids is 2. The third-order valence-electron chi connectivity index (χ3n) is 9.18. The Morgan fingerprint density at radius 3 is 2.62 bits per heavy atom. The number of amides is 2. The van der Waals surface area contributed by atoms with E-state index in [2.05, 4.69) is 5.32 Å². The number of aliphatic hydroxyl groups excluding tert-OH is 1. The number of methoxy groups -OCH3 is 1. The Balaban J connectivity index is 1.27. The van der Waals surface area contributed by atoms with Gasteiger partial charge in [0, 0.05) is 61.9 Å². The summed E-state index contributed by atoms with van der Waals surface area (Å²) in [5.41, 5.74) is 4.26. The summed E-state index contributed by atoms with van der Waals surface area (Å²) < 4.78 is 32.2. The summed E-state index contributed by atoms with van der Waals surface area (Å²) in [4.78, 5) is 31.4. The van der Waals surface area contributed by atoms with Crippen molar-refractivity contribution in [3.63, 3.8) is 0 Å². The number of rotatable bonds is 8. The molecule has 0 aromatic heterocycles. The van der Waals surface area contributed by atoms with Crippen molar-refractivity contribution in [2.75, 3.05) is 46.8 Å². The number of anilines is 1. The third-order valence-corrected chi connectivity index (χ3v) is 9.59. The lowest BCUT2D eigenvalue weighted by atomic mass is 9.94. The van der Waals surface area contributed by atoms with Crippen molar-refractivity contribution in [3.05, 3.63) is 82.3 Å². The number of nitrogens with one attached hydrogen (secondary N) is 1. The van der Waals surface area contributed by atoms with Gasteiger partial charge < -0.3 is 34.4 Å². The first-order chi connectivity index (χ1) is 22.5. The molecule has 3 aromatic carbocycles. The largest absolute Gasteiger partial charge is 0.496 e. The van der Waals surface area contributed by atoms with E-state index >= 15 is 4.39 Å². The Bertz CT molecular complexity index is 1750.